The number of ether oxygens (including phenoxy) is 1. The molecule has 0 spiro atoms. The van der Waals surface area contributed by atoms with Gasteiger partial charge in [0.15, 0.2) is 0 Å². The number of thiol groups is 1. The first kappa shape index (κ1) is 15.1. The van der Waals surface area contributed by atoms with Crippen LogP contribution in [-0.4, -0.2) is 12.8 Å². The van der Waals surface area contributed by atoms with Crippen molar-refractivity contribution in [2.24, 2.45) is 10.9 Å². The lowest BCUT2D eigenvalue weighted by atomic mass is 9.96. The Morgan fingerprint density at radius 1 is 1.50 bits per heavy atom. The van der Waals surface area contributed by atoms with Gasteiger partial charge in [0.25, 0.3) is 0 Å². The highest BCUT2D eigenvalue weighted by Crippen LogP contribution is 2.33. The van der Waals surface area contributed by atoms with E-state index >= 15 is 0 Å². The van der Waals surface area contributed by atoms with Gasteiger partial charge >= 0.3 is 0 Å². The molecule has 1 unspecified atom stereocenters. The average Bonchev–Trinajstić information content (AvgIpc) is 2.39. The van der Waals surface area contributed by atoms with E-state index in [4.69, 9.17) is 4.74 Å². The molecule has 0 fully saturated rings. The molecule has 1 aliphatic heterocycles. The Hall–Kier alpha value is -0.960. The molecular weight excluding hydrogens is 242 g/mol. The zero-order chi connectivity index (χ0) is 13.4. The van der Waals surface area contributed by atoms with Gasteiger partial charge in [-0.2, -0.15) is 0 Å². The van der Waals surface area contributed by atoms with Gasteiger partial charge in [-0.3, -0.25) is 4.99 Å². The quantitative estimate of drug-likeness (QED) is 0.573. The maximum absolute atomic E-state index is 5.62. The summed E-state index contributed by atoms with van der Waals surface area (Å²) in [4.78, 5) is 5.53. The maximum atomic E-state index is 5.62. The number of hydrogen-bond acceptors (Lipinski definition) is 3. The third-order valence-corrected chi connectivity index (χ3v) is 3.50. The highest BCUT2D eigenvalue weighted by Gasteiger charge is 2.21. The van der Waals surface area contributed by atoms with Crippen molar-refractivity contribution in [1.82, 2.24) is 0 Å². The Balaban J connectivity index is 2.77. The van der Waals surface area contributed by atoms with Crippen molar-refractivity contribution in [3.05, 3.63) is 34.6 Å². The third kappa shape index (κ3) is 4.37. The summed E-state index contributed by atoms with van der Waals surface area (Å²) in [5.41, 5.74) is 1.13. The first-order valence-corrected chi connectivity index (χ1v) is 7.03. The van der Waals surface area contributed by atoms with E-state index in [1.165, 1.54) is 0 Å². The van der Waals surface area contributed by atoms with E-state index in [0.29, 0.717) is 5.92 Å². The topological polar surface area (TPSA) is 21.6 Å². The molecule has 0 radical (unpaired) electrons. The lowest BCUT2D eigenvalue weighted by Crippen LogP contribution is -2.14. The highest BCUT2D eigenvalue weighted by molar-refractivity contribution is 7.84. The van der Waals surface area contributed by atoms with Gasteiger partial charge in [-0.05, 0) is 39.2 Å². The Morgan fingerprint density at radius 3 is 2.89 bits per heavy atom. The van der Waals surface area contributed by atoms with Gasteiger partial charge < -0.3 is 4.74 Å². The molecule has 0 saturated carbocycles. The van der Waals surface area contributed by atoms with Crippen molar-refractivity contribution < 1.29 is 4.74 Å². The molecule has 0 aliphatic carbocycles. The molecule has 1 aliphatic rings. The smallest absolute Gasteiger partial charge is 0.128 e. The number of rotatable bonds is 5. The van der Waals surface area contributed by atoms with Crippen LogP contribution in [0.2, 0.25) is 0 Å². The second kappa shape index (κ2) is 8.20. The number of nitrogens with zero attached hydrogens (tertiary/aromatic N) is 1. The molecule has 0 bridgehead atoms. The maximum Gasteiger partial charge on any atom is 0.128 e. The van der Waals surface area contributed by atoms with Crippen LogP contribution in [0.4, 0.5) is 0 Å². The Kier molecular flexibility index (Phi) is 6.88. The Labute approximate surface area is 116 Å². The molecular formula is C15H23NOS. The van der Waals surface area contributed by atoms with Crippen LogP contribution >= 0.6 is 12.6 Å². The van der Waals surface area contributed by atoms with Crippen LogP contribution in [0, 0.1) is 5.92 Å². The van der Waals surface area contributed by atoms with Crippen LogP contribution in [0.3, 0.4) is 0 Å². The molecule has 0 N–H and O–H groups in total. The van der Waals surface area contributed by atoms with E-state index in [-0.39, 0.29) is 0 Å². The predicted octanol–water partition coefficient (Wildman–Crippen LogP) is 4.52. The minimum atomic E-state index is 0.425. The predicted molar refractivity (Wildman–Crippen MR) is 82.0 cm³/mol. The van der Waals surface area contributed by atoms with Crippen LogP contribution in [0.25, 0.3) is 0 Å². The van der Waals surface area contributed by atoms with Crippen molar-refractivity contribution in [1.29, 1.82) is 0 Å². The second-order valence-electron chi connectivity index (χ2n) is 4.29. The van der Waals surface area contributed by atoms with E-state index in [1.807, 2.05) is 32.2 Å². The van der Waals surface area contributed by atoms with Gasteiger partial charge in [-0.25, -0.2) is 0 Å². The van der Waals surface area contributed by atoms with E-state index in [9.17, 15) is 0 Å². The summed E-state index contributed by atoms with van der Waals surface area (Å²) in [6.07, 6.45) is 10.9. The van der Waals surface area contributed by atoms with Crippen LogP contribution in [0.5, 0.6) is 0 Å². The van der Waals surface area contributed by atoms with Crippen molar-refractivity contribution >= 4 is 18.8 Å². The van der Waals surface area contributed by atoms with Gasteiger partial charge in [-0.1, -0.05) is 19.1 Å². The third-order valence-electron chi connectivity index (χ3n) is 2.91. The minimum absolute atomic E-state index is 0.425. The van der Waals surface area contributed by atoms with Gasteiger partial charge in [0.2, 0.25) is 0 Å². The molecule has 100 valence electrons. The van der Waals surface area contributed by atoms with Crippen molar-refractivity contribution in [2.75, 3.05) is 6.61 Å². The normalized spacial score (nSPS) is 22.0. The van der Waals surface area contributed by atoms with E-state index < -0.39 is 0 Å². The van der Waals surface area contributed by atoms with Gasteiger partial charge in [-0.15, -0.1) is 12.6 Å². The number of allylic oxidation sites excluding steroid dienone is 5. The molecule has 0 saturated heterocycles. The summed E-state index contributed by atoms with van der Waals surface area (Å²) < 4.78 is 5.62. The molecule has 1 heterocycles. The van der Waals surface area contributed by atoms with Crippen molar-refractivity contribution in [2.45, 2.75) is 40.0 Å². The number of hydrogen-bond donors (Lipinski definition) is 1. The van der Waals surface area contributed by atoms with Gasteiger partial charge in [0.05, 0.1) is 6.61 Å². The molecule has 0 aromatic heterocycles. The fourth-order valence-corrected chi connectivity index (χ4v) is 2.27. The van der Waals surface area contributed by atoms with Crippen molar-refractivity contribution in [3.63, 3.8) is 0 Å². The first-order valence-electron chi connectivity index (χ1n) is 6.59. The highest BCUT2D eigenvalue weighted by atomic mass is 32.1. The lowest BCUT2D eigenvalue weighted by molar-refractivity contribution is 0.182. The summed E-state index contributed by atoms with van der Waals surface area (Å²) in [7, 11) is 0. The summed E-state index contributed by atoms with van der Waals surface area (Å²) in [5, 5.41) is 0. The average molecular weight is 265 g/mol. The van der Waals surface area contributed by atoms with E-state index in [1.54, 1.807) is 0 Å². The zero-order valence-corrected chi connectivity index (χ0v) is 12.4. The van der Waals surface area contributed by atoms with Crippen LogP contribution in [0.15, 0.2) is 39.6 Å². The summed E-state index contributed by atoms with van der Waals surface area (Å²) >= 11 is 4.61. The minimum Gasteiger partial charge on any atom is -0.493 e. The fraction of sp³-hybridized carbons (Fsp3) is 0.533. The van der Waals surface area contributed by atoms with Gasteiger partial charge in [0.1, 0.15) is 5.76 Å². The molecule has 0 amide bonds. The molecule has 0 aromatic rings. The summed E-state index contributed by atoms with van der Waals surface area (Å²) in [6, 6.07) is 0. The van der Waals surface area contributed by atoms with Crippen LogP contribution < -0.4 is 0 Å². The molecule has 2 nitrogen and oxygen atoms in total. The monoisotopic (exact) mass is 265 g/mol. The molecule has 1 atom stereocenters. The first-order chi connectivity index (χ1) is 8.72. The van der Waals surface area contributed by atoms with Crippen LogP contribution in [-0.2, 0) is 4.74 Å². The molecule has 0 aromatic carbocycles. The standard InChI is InChI=1S/C15H23NOS/c1-4-7-14-15(18)12(8-10-17-14)11-13(6-3)16-9-5-2/h4,6-7,9,12,18H,5,8,10-11H2,1-3H3/b7-4+,13-6-,16-9?. The summed E-state index contributed by atoms with van der Waals surface area (Å²) in [5.74, 6) is 1.33. The zero-order valence-electron chi connectivity index (χ0n) is 11.5. The fourth-order valence-electron chi connectivity index (χ4n) is 1.91. The van der Waals surface area contributed by atoms with E-state index in [0.717, 1.165) is 42.2 Å². The van der Waals surface area contributed by atoms with Crippen molar-refractivity contribution in [3.8, 4) is 0 Å². The Bertz CT molecular complexity index is 380. The molecule has 18 heavy (non-hydrogen) atoms. The largest absolute Gasteiger partial charge is 0.493 e. The SMILES string of the molecule is C/C=C(/CC1CCOC(/C=C/C)=C1S)N=CCC. The molecule has 3 heteroatoms. The second-order valence-corrected chi connectivity index (χ2v) is 4.77. The summed E-state index contributed by atoms with van der Waals surface area (Å²) in [6.45, 7) is 6.89. The van der Waals surface area contributed by atoms with E-state index in [2.05, 4.69) is 30.6 Å². The molecule has 1 rings (SSSR count). The number of aliphatic imine (C=N–C) groups is 1. The lowest BCUT2D eigenvalue weighted by Gasteiger charge is -2.25. The van der Waals surface area contributed by atoms with Gasteiger partial charge in [0, 0.05) is 22.7 Å². The van der Waals surface area contributed by atoms with Crippen LogP contribution in [0.1, 0.15) is 40.0 Å². The Morgan fingerprint density at radius 2 is 2.28 bits per heavy atom.